The molecule has 0 amide bonds. The minimum Gasteiger partial charge on any atom is -0.480 e. The Kier molecular flexibility index (Phi) is 3.80. The zero-order valence-corrected chi connectivity index (χ0v) is 10.2. The summed E-state index contributed by atoms with van der Waals surface area (Å²) in [4.78, 5) is 0. The van der Waals surface area contributed by atoms with E-state index in [2.05, 4.69) is 25.9 Å². The Balaban J connectivity index is 2.12. The molecule has 0 fully saturated rings. The van der Waals surface area contributed by atoms with Gasteiger partial charge in [0.05, 0.1) is 24.5 Å². The lowest BCUT2D eigenvalue weighted by atomic mass is 10.1. The molecule has 0 aliphatic rings. The van der Waals surface area contributed by atoms with Crippen molar-refractivity contribution < 1.29 is 4.74 Å². The van der Waals surface area contributed by atoms with Crippen LogP contribution in [0, 0.1) is 0 Å². The Hall–Kier alpha value is -2.06. The maximum absolute atomic E-state index is 5.53. The first kappa shape index (κ1) is 12.4. The maximum Gasteiger partial charge on any atom is 0.233 e. The van der Waals surface area contributed by atoms with Crippen LogP contribution in [0.3, 0.4) is 0 Å². The quantitative estimate of drug-likeness (QED) is 0.536. The third kappa shape index (κ3) is 2.79. The molecule has 0 spiro atoms. The number of rotatable bonds is 5. The first-order chi connectivity index (χ1) is 8.72. The van der Waals surface area contributed by atoms with E-state index >= 15 is 0 Å². The lowest BCUT2D eigenvalue weighted by Gasteiger charge is -2.13. The first-order valence-corrected chi connectivity index (χ1v) is 5.42. The molecule has 8 heteroatoms. The number of nitrogens with one attached hydrogen (secondary N) is 1. The van der Waals surface area contributed by atoms with Crippen LogP contribution in [0.25, 0.3) is 0 Å². The fraction of sp³-hybridized carbons (Fsp3) is 0.400. The predicted octanol–water partition coefficient (Wildman–Crippen LogP) is -0.639. The molecule has 1 unspecified atom stereocenters. The number of nitrogens with zero attached hydrogens (tertiary/aromatic N) is 5. The second-order valence-corrected chi connectivity index (χ2v) is 3.81. The Morgan fingerprint density at radius 2 is 2.22 bits per heavy atom. The highest BCUT2D eigenvalue weighted by Gasteiger charge is 2.14. The average Bonchev–Trinajstić information content (AvgIpc) is 2.82. The molecule has 2 heterocycles. The van der Waals surface area contributed by atoms with E-state index in [1.165, 1.54) is 0 Å². The van der Waals surface area contributed by atoms with Crippen LogP contribution in [-0.4, -0.2) is 32.3 Å². The zero-order valence-electron chi connectivity index (χ0n) is 10.2. The van der Waals surface area contributed by atoms with Crippen molar-refractivity contribution in [2.45, 2.75) is 12.5 Å². The van der Waals surface area contributed by atoms with Crippen molar-refractivity contribution in [3.05, 3.63) is 29.7 Å². The molecule has 0 aliphatic heterocycles. The maximum atomic E-state index is 5.53. The van der Waals surface area contributed by atoms with Crippen molar-refractivity contribution >= 4 is 0 Å². The van der Waals surface area contributed by atoms with Crippen molar-refractivity contribution in [1.29, 1.82) is 0 Å². The lowest BCUT2D eigenvalue weighted by molar-refractivity contribution is 0.389. The van der Waals surface area contributed by atoms with Crippen LogP contribution < -0.4 is 16.0 Å². The first-order valence-electron chi connectivity index (χ1n) is 5.42. The number of hydrogen-bond acceptors (Lipinski definition) is 7. The molecule has 0 radical (unpaired) electrons. The van der Waals surface area contributed by atoms with Gasteiger partial charge in [0.1, 0.15) is 0 Å². The summed E-state index contributed by atoms with van der Waals surface area (Å²) in [6, 6.07) is 3.39. The van der Waals surface area contributed by atoms with E-state index in [4.69, 9.17) is 10.6 Å². The van der Waals surface area contributed by atoms with E-state index in [9.17, 15) is 0 Å². The third-order valence-corrected chi connectivity index (χ3v) is 2.49. The topological polar surface area (TPSA) is 104 Å². The molecule has 0 saturated heterocycles. The fourth-order valence-electron chi connectivity index (χ4n) is 1.57. The summed E-state index contributed by atoms with van der Waals surface area (Å²) in [7, 11) is 3.36. The van der Waals surface area contributed by atoms with Crippen molar-refractivity contribution in [1.82, 2.24) is 30.6 Å². The number of aryl methyl sites for hydroxylation is 1. The summed E-state index contributed by atoms with van der Waals surface area (Å²) in [6.45, 7) is 0. The fourth-order valence-corrected chi connectivity index (χ4v) is 1.57. The van der Waals surface area contributed by atoms with E-state index in [1.807, 2.05) is 19.3 Å². The average molecular weight is 249 g/mol. The smallest absolute Gasteiger partial charge is 0.233 e. The van der Waals surface area contributed by atoms with Crippen LogP contribution >= 0.6 is 0 Å². The standard InChI is InChI=1S/C10H15N7O/c1-17-6-7(13-16-17)5-9(12-11)8-3-4-10(18-2)15-14-8/h3-4,6,9,12H,5,11H2,1-2H3. The van der Waals surface area contributed by atoms with Gasteiger partial charge in [0.2, 0.25) is 5.88 Å². The van der Waals surface area contributed by atoms with Crippen LogP contribution in [0.2, 0.25) is 0 Å². The van der Waals surface area contributed by atoms with E-state index in [0.717, 1.165) is 11.4 Å². The van der Waals surface area contributed by atoms with Crippen molar-refractivity contribution in [2.75, 3.05) is 7.11 Å². The van der Waals surface area contributed by atoms with Crippen LogP contribution in [0.15, 0.2) is 18.3 Å². The number of ether oxygens (including phenoxy) is 1. The van der Waals surface area contributed by atoms with Gasteiger partial charge in [0.25, 0.3) is 0 Å². The minimum absolute atomic E-state index is 0.167. The lowest BCUT2D eigenvalue weighted by Crippen LogP contribution is -2.30. The van der Waals surface area contributed by atoms with Crippen molar-refractivity contribution in [2.24, 2.45) is 12.9 Å². The summed E-state index contributed by atoms with van der Waals surface area (Å²) in [5.74, 6) is 5.99. The van der Waals surface area contributed by atoms with Crippen LogP contribution in [0.4, 0.5) is 0 Å². The van der Waals surface area contributed by atoms with Gasteiger partial charge in [-0.15, -0.1) is 10.2 Å². The number of hydrogen-bond donors (Lipinski definition) is 2. The molecule has 3 N–H and O–H groups in total. The zero-order chi connectivity index (χ0) is 13.0. The second-order valence-electron chi connectivity index (χ2n) is 3.81. The van der Waals surface area contributed by atoms with Crippen molar-refractivity contribution in [3.63, 3.8) is 0 Å². The number of nitrogens with two attached hydrogens (primary N) is 1. The molecule has 0 bridgehead atoms. The Morgan fingerprint density at radius 1 is 1.39 bits per heavy atom. The molecular formula is C10H15N7O. The van der Waals surface area contributed by atoms with Crippen LogP contribution in [0.5, 0.6) is 5.88 Å². The molecule has 0 saturated carbocycles. The second kappa shape index (κ2) is 5.52. The molecule has 0 aromatic carbocycles. The summed E-state index contributed by atoms with van der Waals surface area (Å²) in [5.41, 5.74) is 4.25. The van der Waals surface area contributed by atoms with Gasteiger partial charge in [-0.1, -0.05) is 5.21 Å². The minimum atomic E-state index is -0.167. The molecule has 1 atom stereocenters. The monoisotopic (exact) mass is 249 g/mol. The summed E-state index contributed by atoms with van der Waals surface area (Å²) in [6.07, 6.45) is 2.42. The third-order valence-electron chi connectivity index (χ3n) is 2.49. The van der Waals surface area contributed by atoms with Gasteiger partial charge in [-0.3, -0.25) is 16.0 Å². The van der Waals surface area contributed by atoms with Gasteiger partial charge >= 0.3 is 0 Å². The van der Waals surface area contributed by atoms with Crippen molar-refractivity contribution in [3.8, 4) is 5.88 Å². The van der Waals surface area contributed by atoms with Gasteiger partial charge in [0, 0.05) is 25.7 Å². The highest BCUT2D eigenvalue weighted by Crippen LogP contribution is 2.15. The molecule has 0 aliphatic carbocycles. The summed E-state index contributed by atoms with van der Waals surface area (Å²) >= 11 is 0. The highest BCUT2D eigenvalue weighted by molar-refractivity contribution is 5.15. The van der Waals surface area contributed by atoms with Gasteiger partial charge in [-0.05, 0) is 6.07 Å². The van der Waals surface area contributed by atoms with Gasteiger partial charge in [0.15, 0.2) is 0 Å². The molecule has 2 aromatic rings. The van der Waals surface area contributed by atoms with Gasteiger partial charge in [-0.2, -0.15) is 5.10 Å². The van der Waals surface area contributed by atoms with E-state index in [-0.39, 0.29) is 6.04 Å². The Morgan fingerprint density at radius 3 is 2.72 bits per heavy atom. The molecule has 96 valence electrons. The molecule has 2 aromatic heterocycles. The summed E-state index contributed by atoms with van der Waals surface area (Å²) < 4.78 is 6.59. The van der Waals surface area contributed by atoms with E-state index in [1.54, 1.807) is 17.9 Å². The number of aromatic nitrogens is 5. The molecule has 8 nitrogen and oxygen atoms in total. The number of methoxy groups -OCH3 is 1. The predicted molar refractivity (Wildman–Crippen MR) is 63.4 cm³/mol. The molecular weight excluding hydrogens is 234 g/mol. The highest BCUT2D eigenvalue weighted by atomic mass is 16.5. The van der Waals surface area contributed by atoms with Crippen LogP contribution in [0.1, 0.15) is 17.4 Å². The van der Waals surface area contributed by atoms with Crippen LogP contribution in [-0.2, 0) is 13.5 Å². The Bertz CT molecular complexity index is 495. The molecule has 18 heavy (non-hydrogen) atoms. The normalized spacial score (nSPS) is 12.4. The number of hydrazine groups is 1. The van der Waals surface area contributed by atoms with E-state index in [0.29, 0.717) is 12.3 Å². The largest absolute Gasteiger partial charge is 0.480 e. The van der Waals surface area contributed by atoms with Gasteiger partial charge < -0.3 is 4.74 Å². The van der Waals surface area contributed by atoms with E-state index < -0.39 is 0 Å². The molecule has 2 rings (SSSR count). The Labute approximate surface area is 104 Å². The summed E-state index contributed by atoms with van der Waals surface area (Å²) in [5, 5.41) is 15.8. The SMILES string of the molecule is COc1ccc(C(Cc2cn(C)nn2)NN)nn1. The van der Waals surface area contributed by atoms with Gasteiger partial charge in [-0.25, -0.2) is 0 Å².